The van der Waals surface area contributed by atoms with Gasteiger partial charge in [-0.2, -0.15) is 0 Å². The number of hydrogen-bond acceptors (Lipinski definition) is 6. The highest BCUT2D eigenvalue weighted by Crippen LogP contribution is 2.30. The molecule has 0 aliphatic rings. The lowest BCUT2D eigenvalue weighted by atomic mass is 10.2. The molecule has 0 aliphatic carbocycles. The van der Waals surface area contributed by atoms with E-state index < -0.39 is 5.56 Å². The van der Waals surface area contributed by atoms with Crippen LogP contribution >= 0.6 is 0 Å². The summed E-state index contributed by atoms with van der Waals surface area (Å²) in [7, 11) is 1.53. The van der Waals surface area contributed by atoms with Crippen LogP contribution in [0.5, 0.6) is 11.5 Å². The Hall–Kier alpha value is -3.75. The van der Waals surface area contributed by atoms with Crippen LogP contribution in [-0.2, 0) is 17.8 Å². The minimum Gasteiger partial charge on any atom is -0.493 e. The Balaban J connectivity index is 1.61. The van der Waals surface area contributed by atoms with Crippen molar-refractivity contribution in [3.63, 3.8) is 0 Å². The van der Waals surface area contributed by atoms with Crippen molar-refractivity contribution >= 4 is 5.91 Å². The van der Waals surface area contributed by atoms with Gasteiger partial charge in [0.1, 0.15) is 11.5 Å². The summed E-state index contributed by atoms with van der Waals surface area (Å²) in [6, 6.07) is 11.0. The minimum absolute atomic E-state index is 0.0785. The molecule has 1 amide bonds. The van der Waals surface area contributed by atoms with Gasteiger partial charge < -0.3 is 19.8 Å². The second-order valence-corrected chi connectivity index (χ2v) is 6.65. The number of aryl methyl sites for hydroxylation is 1. The Kier molecular flexibility index (Phi) is 7.31. The number of H-pyrrole nitrogens is 1. The van der Waals surface area contributed by atoms with Crippen molar-refractivity contribution in [3.05, 3.63) is 69.9 Å². The fourth-order valence-electron chi connectivity index (χ4n) is 2.87. The summed E-state index contributed by atoms with van der Waals surface area (Å²) in [5.41, 5.74) is 1.15. The summed E-state index contributed by atoms with van der Waals surface area (Å²) in [6.07, 6.45) is 0.222. The summed E-state index contributed by atoms with van der Waals surface area (Å²) < 4.78 is 23.7. The number of benzene rings is 2. The predicted octanol–water partition coefficient (Wildman–Crippen LogP) is 2.63. The van der Waals surface area contributed by atoms with E-state index in [-0.39, 0.29) is 42.6 Å². The first-order chi connectivity index (χ1) is 15.0. The molecule has 2 N–H and O–H groups in total. The van der Waals surface area contributed by atoms with Crippen molar-refractivity contribution in [3.8, 4) is 22.9 Å². The van der Waals surface area contributed by atoms with E-state index in [1.165, 1.54) is 19.2 Å². The number of halogens is 1. The normalized spacial score (nSPS) is 10.5. The van der Waals surface area contributed by atoms with E-state index in [1.54, 1.807) is 30.3 Å². The highest BCUT2D eigenvalue weighted by Gasteiger charge is 2.12. The number of carbonyl (C=O) groups excluding carboxylic acids is 1. The van der Waals surface area contributed by atoms with Crippen LogP contribution in [-0.4, -0.2) is 34.8 Å². The number of hydrogen-bond donors (Lipinski definition) is 2. The van der Waals surface area contributed by atoms with Crippen LogP contribution in [0, 0.1) is 5.82 Å². The Morgan fingerprint density at radius 3 is 2.58 bits per heavy atom. The molecule has 162 valence electrons. The van der Waals surface area contributed by atoms with Crippen molar-refractivity contribution in [1.29, 1.82) is 0 Å². The number of aromatic amines is 1. The van der Waals surface area contributed by atoms with E-state index in [9.17, 15) is 14.0 Å². The maximum atomic E-state index is 12.9. The Labute approximate surface area is 178 Å². The van der Waals surface area contributed by atoms with Crippen molar-refractivity contribution in [2.24, 2.45) is 0 Å². The Morgan fingerprint density at radius 2 is 1.90 bits per heavy atom. The molecule has 3 aromatic rings. The summed E-state index contributed by atoms with van der Waals surface area (Å²) in [5, 5.41) is 10.8. The molecule has 8 nitrogen and oxygen atoms in total. The van der Waals surface area contributed by atoms with Crippen LogP contribution in [0.25, 0.3) is 11.4 Å². The molecule has 1 aromatic heterocycles. The highest BCUT2D eigenvalue weighted by atomic mass is 19.1. The summed E-state index contributed by atoms with van der Waals surface area (Å²) in [6.45, 7) is 2.65. The van der Waals surface area contributed by atoms with Gasteiger partial charge in [-0.25, -0.2) is 4.39 Å². The smallest absolute Gasteiger partial charge is 0.273 e. The fraction of sp³-hybridized carbons (Fsp3) is 0.273. The maximum Gasteiger partial charge on any atom is 0.273 e. The molecule has 31 heavy (non-hydrogen) atoms. The van der Waals surface area contributed by atoms with Crippen LogP contribution in [0.1, 0.15) is 24.6 Å². The average Bonchev–Trinajstić information content (AvgIpc) is 2.78. The van der Waals surface area contributed by atoms with Crippen molar-refractivity contribution in [2.45, 2.75) is 26.3 Å². The molecule has 0 unspecified atom stereocenters. The maximum absolute atomic E-state index is 12.9. The van der Waals surface area contributed by atoms with Gasteiger partial charge in [0.25, 0.3) is 5.56 Å². The molecule has 9 heteroatoms. The molecule has 2 aromatic carbocycles. The zero-order valence-corrected chi connectivity index (χ0v) is 17.3. The number of methoxy groups -OCH3 is 1. The van der Waals surface area contributed by atoms with E-state index in [0.29, 0.717) is 23.7 Å². The predicted molar refractivity (Wildman–Crippen MR) is 112 cm³/mol. The molecular formula is C22H23FN4O4. The second-order valence-electron chi connectivity index (χ2n) is 6.65. The molecule has 0 atom stereocenters. The lowest BCUT2D eigenvalue weighted by molar-refractivity contribution is -0.121. The lowest BCUT2D eigenvalue weighted by Crippen LogP contribution is -2.25. The molecule has 0 radical (unpaired) electrons. The van der Waals surface area contributed by atoms with Gasteiger partial charge in [-0.15, -0.1) is 10.2 Å². The van der Waals surface area contributed by atoms with E-state index in [4.69, 9.17) is 9.47 Å². The topological polar surface area (TPSA) is 106 Å². The van der Waals surface area contributed by atoms with Crippen LogP contribution in [0.2, 0.25) is 0 Å². The van der Waals surface area contributed by atoms with Crippen LogP contribution in [0.3, 0.4) is 0 Å². The molecule has 0 bridgehead atoms. The lowest BCUT2D eigenvalue weighted by Gasteiger charge is -2.10. The first kappa shape index (κ1) is 21.9. The van der Waals surface area contributed by atoms with Crippen molar-refractivity contribution in [1.82, 2.24) is 20.5 Å². The van der Waals surface area contributed by atoms with Gasteiger partial charge in [0.15, 0.2) is 17.3 Å². The zero-order valence-electron chi connectivity index (χ0n) is 17.3. The first-order valence-corrected chi connectivity index (χ1v) is 9.78. The molecule has 3 rings (SSSR count). The highest BCUT2D eigenvalue weighted by molar-refractivity contribution is 5.76. The summed E-state index contributed by atoms with van der Waals surface area (Å²) in [4.78, 5) is 27.1. The van der Waals surface area contributed by atoms with Crippen LogP contribution < -0.4 is 20.3 Å². The molecular weight excluding hydrogens is 403 g/mol. The third kappa shape index (κ3) is 5.88. The van der Waals surface area contributed by atoms with Crippen LogP contribution in [0.15, 0.2) is 47.3 Å². The second kappa shape index (κ2) is 10.3. The fourth-order valence-corrected chi connectivity index (χ4v) is 2.87. The number of aromatic nitrogens is 3. The Morgan fingerprint density at radius 1 is 1.13 bits per heavy atom. The molecule has 0 aliphatic heterocycles. The third-order valence-corrected chi connectivity index (χ3v) is 4.49. The van der Waals surface area contributed by atoms with E-state index >= 15 is 0 Å². The van der Waals surface area contributed by atoms with Gasteiger partial charge in [0, 0.05) is 24.9 Å². The van der Waals surface area contributed by atoms with E-state index in [0.717, 1.165) is 5.56 Å². The van der Waals surface area contributed by atoms with E-state index in [2.05, 4.69) is 20.5 Å². The van der Waals surface area contributed by atoms with Gasteiger partial charge >= 0.3 is 0 Å². The van der Waals surface area contributed by atoms with Gasteiger partial charge in [0.2, 0.25) is 5.91 Å². The number of nitrogens with one attached hydrogen (secondary N) is 2. The third-order valence-electron chi connectivity index (χ3n) is 4.49. The standard InChI is InChI=1S/C22H23FN4O4/c1-3-31-18-10-6-15(12-19(18)30-2)21-25-22(29)17(26-27-21)9-11-20(28)24-13-14-4-7-16(23)8-5-14/h4-8,10,12H,3,9,11,13H2,1-2H3,(H,24,28)(H,25,27,29). The number of ether oxygens (including phenoxy) is 2. The van der Waals surface area contributed by atoms with Gasteiger partial charge in [0.05, 0.1) is 13.7 Å². The Bertz CT molecular complexity index is 1100. The van der Waals surface area contributed by atoms with Gasteiger partial charge in [-0.1, -0.05) is 12.1 Å². The number of amides is 1. The summed E-state index contributed by atoms with van der Waals surface area (Å²) >= 11 is 0. The molecule has 0 fully saturated rings. The largest absolute Gasteiger partial charge is 0.493 e. The first-order valence-electron chi connectivity index (χ1n) is 9.78. The number of carbonyl (C=O) groups is 1. The molecule has 0 saturated heterocycles. The summed E-state index contributed by atoms with van der Waals surface area (Å²) in [5.74, 6) is 0.818. The average molecular weight is 426 g/mol. The zero-order chi connectivity index (χ0) is 22.2. The molecule has 0 saturated carbocycles. The molecule has 1 heterocycles. The molecule has 0 spiro atoms. The van der Waals surface area contributed by atoms with Crippen LogP contribution in [0.4, 0.5) is 4.39 Å². The van der Waals surface area contributed by atoms with E-state index in [1.807, 2.05) is 6.92 Å². The van der Waals surface area contributed by atoms with Crippen molar-refractivity contribution in [2.75, 3.05) is 13.7 Å². The number of nitrogens with zero attached hydrogens (tertiary/aromatic N) is 2. The number of rotatable bonds is 9. The minimum atomic E-state index is -0.413. The quantitative estimate of drug-likeness (QED) is 0.545. The monoisotopic (exact) mass is 426 g/mol. The van der Waals surface area contributed by atoms with Crippen molar-refractivity contribution < 1.29 is 18.7 Å². The SMILES string of the molecule is CCOc1ccc(-c2nnc(CCC(=O)NCc3ccc(F)cc3)c(=O)[nH]2)cc1OC. The van der Waals surface area contributed by atoms with Gasteiger partial charge in [-0.05, 0) is 42.8 Å². The van der Waals surface area contributed by atoms with Gasteiger partial charge in [-0.3, -0.25) is 9.59 Å².